The van der Waals surface area contributed by atoms with Crippen molar-refractivity contribution >= 4 is 0 Å². The van der Waals surface area contributed by atoms with E-state index in [4.69, 9.17) is 4.74 Å². The highest BCUT2D eigenvalue weighted by atomic mass is 19.1. The molecule has 20 heavy (non-hydrogen) atoms. The molecule has 1 heterocycles. The van der Waals surface area contributed by atoms with E-state index in [2.05, 4.69) is 9.97 Å². The highest BCUT2D eigenvalue weighted by molar-refractivity contribution is 5.35. The van der Waals surface area contributed by atoms with Gasteiger partial charge in [-0.1, -0.05) is 19.9 Å². The summed E-state index contributed by atoms with van der Waals surface area (Å²) in [5.74, 6) is 0.658. The number of aryl methyl sites for hydroxylation is 1. The van der Waals surface area contributed by atoms with Gasteiger partial charge in [0.2, 0.25) is 0 Å². The summed E-state index contributed by atoms with van der Waals surface area (Å²) in [7, 11) is 0. The van der Waals surface area contributed by atoms with Gasteiger partial charge in [-0.05, 0) is 24.6 Å². The zero-order chi connectivity index (χ0) is 14.7. The Kier molecular flexibility index (Phi) is 4.29. The number of benzene rings is 1. The van der Waals surface area contributed by atoms with Crippen molar-refractivity contribution in [3.8, 4) is 11.5 Å². The predicted molar refractivity (Wildman–Crippen MR) is 73.3 cm³/mol. The van der Waals surface area contributed by atoms with E-state index in [1.54, 1.807) is 12.1 Å². The maximum absolute atomic E-state index is 13.7. The van der Waals surface area contributed by atoms with Gasteiger partial charge in [0.25, 0.3) is 0 Å². The number of rotatable bonds is 4. The Morgan fingerprint density at radius 1 is 1.30 bits per heavy atom. The molecule has 106 valence electrons. The summed E-state index contributed by atoms with van der Waals surface area (Å²) in [5.41, 5.74) is 1.23. The monoisotopic (exact) mass is 276 g/mol. The lowest BCUT2D eigenvalue weighted by Crippen LogP contribution is -2.04. The van der Waals surface area contributed by atoms with E-state index in [1.165, 1.54) is 12.3 Å². The molecule has 4 nitrogen and oxygen atoms in total. The van der Waals surface area contributed by atoms with E-state index >= 15 is 0 Å². The van der Waals surface area contributed by atoms with E-state index in [0.29, 0.717) is 11.5 Å². The van der Waals surface area contributed by atoms with Crippen LogP contribution in [-0.4, -0.2) is 15.1 Å². The number of aliphatic hydroxyl groups is 1. The fourth-order valence-corrected chi connectivity index (χ4v) is 1.71. The molecule has 0 fully saturated rings. The van der Waals surface area contributed by atoms with Crippen molar-refractivity contribution in [2.24, 2.45) is 0 Å². The molecule has 0 atom stereocenters. The Hall–Kier alpha value is -2.01. The van der Waals surface area contributed by atoms with E-state index in [9.17, 15) is 9.50 Å². The van der Waals surface area contributed by atoms with Crippen LogP contribution in [0.3, 0.4) is 0 Å². The van der Waals surface area contributed by atoms with E-state index in [-0.39, 0.29) is 24.0 Å². The fourth-order valence-electron chi connectivity index (χ4n) is 1.71. The Labute approximate surface area is 117 Å². The summed E-state index contributed by atoms with van der Waals surface area (Å²) in [5, 5.41) is 9.36. The van der Waals surface area contributed by atoms with Crippen molar-refractivity contribution in [1.29, 1.82) is 0 Å². The Balaban J connectivity index is 2.35. The Bertz CT molecular complexity index is 615. The number of hydrogen-bond acceptors (Lipinski definition) is 4. The first kappa shape index (κ1) is 14.4. The lowest BCUT2D eigenvalue weighted by Gasteiger charge is -2.12. The van der Waals surface area contributed by atoms with Gasteiger partial charge >= 0.3 is 0 Å². The number of ether oxygens (including phenoxy) is 1. The van der Waals surface area contributed by atoms with Gasteiger partial charge in [-0.25, -0.2) is 14.4 Å². The van der Waals surface area contributed by atoms with Crippen LogP contribution in [0.2, 0.25) is 0 Å². The van der Waals surface area contributed by atoms with Gasteiger partial charge in [0, 0.05) is 5.92 Å². The predicted octanol–water partition coefficient (Wildman–Crippen LogP) is 3.33. The van der Waals surface area contributed by atoms with Crippen LogP contribution >= 0.6 is 0 Å². The average Bonchev–Trinajstić information content (AvgIpc) is 2.43. The van der Waals surface area contributed by atoms with Gasteiger partial charge in [-0.15, -0.1) is 0 Å². The fraction of sp³-hybridized carbons (Fsp3) is 0.333. The zero-order valence-electron chi connectivity index (χ0n) is 11.7. The summed E-state index contributed by atoms with van der Waals surface area (Å²) in [6.45, 7) is 5.47. The molecule has 0 spiro atoms. The van der Waals surface area contributed by atoms with Crippen LogP contribution in [-0.2, 0) is 6.61 Å². The molecule has 1 N–H and O–H groups in total. The first-order valence-electron chi connectivity index (χ1n) is 6.42. The number of aromatic nitrogens is 2. The lowest BCUT2D eigenvalue weighted by molar-refractivity contribution is 0.269. The van der Waals surface area contributed by atoms with Gasteiger partial charge < -0.3 is 9.84 Å². The third-order valence-electron chi connectivity index (χ3n) is 2.82. The van der Waals surface area contributed by atoms with E-state index in [1.807, 2.05) is 20.8 Å². The standard InChI is InChI=1S/C15H17FN2O2/c1-9(2)15-17-7-14(12(8-19)18-15)20-13-6-10(3)4-5-11(13)16/h4-7,9,19H,8H2,1-3H3. The molecule has 0 saturated heterocycles. The molecule has 0 aliphatic carbocycles. The van der Waals surface area contributed by atoms with Gasteiger partial charge in [0.1, 0.15) is 11.5 Å². The molecule has 0 bridgehead atoms. The molecule has 5 heteroatoms. The van der Waals surface area contributed by atoms with Crippen LogP contribution in [0.1, 0.15) is 36.8 Å². The van der Waals surface area contributed by atoms with Crippen molar-refractivity contribution < 1.29 is 14.2 Å². The Morgan fingerprint density at radius 3 is 2.70 bits per heavy atom. The topological polar surface area (TPSA) is 55.2 Å². The van der Waals surface area contributed by atoms with Gasteiger partial charge in [0.05, 0.1) is 12.8 Å². The summed E-state index contributed by atoms with van der Waals surface area (Å²) in [6.07, 6.45) is 1.47. The zero-order valence-corrected chi connectivity index (χ0v) is 11.7. The maximum atomic E-state index is 13.7. The van der Waals surface area contributed by atoms with Crippen LogP contribution in [0.4, 0.5) is 4.39 Å². The second-order valence-electron chi connectivity index (χ2n) is 4.89. The lowest BCUT2D eigenvalue weighted by atomic mass is 10.2. The molecule has 0 amide bonds. The molecular formula is C15H17FN2O2. The smallest absolute Gasteiger partial charge is 0.169 e. The second kappa shape index (κ2) is 5.96. The number of nitrogens with zero attached hydrogens (tertiary/aromatic N) is 2. The summed E-state index contributed by atoms with van der Waals surface area (Å²) in [4.78, 5) is 8.40. The number of hydrogen-bond donors (Lipinski definition) is 1. The van der Waals surface area contributed by atoms with Crippen LogP contribution in [0.15, 0.2) is 24.4 Å². The van der Waals surface area contributed by atoms with Crippen LogP contribution in [0.25, 0.3) is 0 Å². The van der Waals surface area contributed by atoms with Gasteiger partial charge in [-0.2, -0.15) is 0 Å². The molecule has 0 unspecified atom stereocenters. The minimum atomic E-state index is -0.465. The summed E-state index contributed by atoms with van der Waals surface area (Å²) >= 11 is 0. The minimum absolute atomic E-state index is 0.0978. The van der Waals surface area contributed by atoms with Crippen molar-refractivity contribution in [2.45, 2.75) is 33.3 Å². The third-order valence-corrected chi connectivity index (χ3v) is 2.82. The number of halogens is 1. The normalized spacial score (nSPS) is 10.9. The van der Waals surface area contributed by atoms with Crippen molar-refractivity contribution in [3.63, 3.8) is 0 Å². The number of aliphatic hydroxyl groups excluding tert-OH is 1. The SMILES string of the molecule is Cc1ccc(F)c(Oc2cnc(C(C)C)nc2CO)c1. The van der Waals surface area contributed by atoms with Crippen LogP contribution < -0.4 is 4.74 Å². The Morgan fingerprint density at radius 2 is 2.05 bits per heavy atom. The average molecular weight is 276 g/mol. The second-order valence-corrected chi connectivity index (χ2v) is 4.89. The quantitative estimate of drug-likeness (QED) is 0.930. The van der Waals surface area contributed by atoms with Crippen molar-refractivity contribution in [2.75, 3.05) is 0 Å². The minimum Gasteiger partial charge on any atom is -0.451 e. The molecule has 0 radical (unpaired) electrons. The van der Waals surface area contributed by atoms with Crippen molar-refractivity contribution in [1.82, 2.24) is 9.97 Å². The van der Waals surface area contributed by atoms with E-state index < -0.39 is 5.82 Å². The van der Waals surface area contributed by atoms with Crippen LogP contribution in [0, 0.1) is 12.7 Å². The van der Waals surface area contributed by atoms with Gasteiger partial charge in [0.15, 0.2) is 17.3 Å². The van der Waals surface area contributed by atoms with Gasteiger partial charge in [-0.3, -0.25) is 0 Å². The maximum Gasteiger partial charge on any atom is 0.169 e. The van der Waals surface area contributed by atoms with E-state index in [0.717, 1.165) is 5.56 Å². The van der Waals surface area contributed by atoms with Crippen LogP contribution in [0.5, 0.6) is 11.5 Å². The van der Waals surface area contributed by atoms with Crippen molar-refractivity contribution in [3.05, 3.63) is 47.3 Å². The highest BCUT2D eigenvalue weighted by Crippen LogP contribution is 2.27. The third kappa shape index (κ3) is 3.11. The first-order valence-corrected chi connectivity index (χ1v) is 6.42. The largest absolute Gasteiger partial charge is 0.451 e. The molecule has 2 aromatic rings. The molecule has 2 rings (SSSR count). The molecule has 0 saturated carbocycles. The molecule has 0 aliphatic rings. The summed E-state index contributed by atoms with van der Waals surface area (Å²) in [6, 6.07) is 4.59. The first-order chi connectivity index (χ1) is 9.51. The molecular weight excluding hydrogens is 259 g/mol. The molecule has 1 aromatic carbocycles. The summed E-state index contributed by atoms with van der Waals surface area (Å²) < 4.78 is 19.2. The molecule has 1 aromatic heterocycles. The molecule has 0 aliphatic heterocycles. The highest BCUT2D eigenvalue weighted by Gasteiger charge is 2.13.